The minimum atomic E-state index is -1.72. The van der Waals surface area contributed by atoms with Crippen LogP contribution in [0, 0.1) is 34.3 Å². The van der Waals surface area contributed by atoms with E-state index in [0.717, 1.165) is 18.9 Å². The highest BCUT2D eigenvalue weighted by molar-refractivity contribution is 6.31. The molecule has 5 atom stereocenters. The summed E-state index contributed by atoms with van der Waals surface area (Å²) >= 11 is 12.5. The molecule has 47 heavy (non-hydrogen) atoms. The molecule has 6 rings (SSSR count). The predicted octanol–water partition coefficient (Wildman–Crippen LogP) is 7.88. The summed E-state index contributed by atoms with van der Waals surface area (Å²) in [7, 11) is 2.73. The maximum absolute atomic E-state index is 16.3. The molecule has 1 aliphatic carbocycles. The summed E-state index contributed by atoms with van der Waals surface area (Å²) in [5.41, 5.74) is -1.34. The number of carbonyl (C=O) groups is 2. The Morgan fingerprint density at radius 1 is 1.09 bits per heavy atom. The summed E-state index contributed by atoms with van der Waals surface area (Å²) < 4.78 is 43.1. The minimum Gasteiger partial charge on any atom is -0.495 e. The largest absolute Gasteiger partial charge is 0.495 e. The topological polar surface area (TPSA) is 82.9 Å². The quantitative estimate of drug-likeness (QED) is 0.236. The zero-order valence-electron chi connectivity index (χ0n) is 26.7. The van der Waals surface area contributed by atoms with Crippen molar-refractivity contribution in [3.8, 4) is 11.8 Å². The number of hydrogen-bond acceptors (Lipinski definition) is 6. The fourth-order valence-electron chi connectivity index (χ4n) is 7.71. The highest BCUT2D eigenvalue weighted by Gasteiger charge is 2.71. The van der Waals surface area contributed by atoms with Gasteiger partial charge in [0.25, 0.3) is 0 Å². The molecule has 7 nitrogen and oxygen atoms in total. The van der Waals surface area contributed by atoms with Crippen molar-refractivity contribution in [2.24, 2.45) is 11.3 Å². The van der Waals surface area contributed by atoms with Crippen LogP contribution in [0.2, 0.25) is 10.0 Å². The zero-order valence-corrected chi connectivity index (χ0v) is 28.2. The average molecular weight is 683 g/mol. The van der Waals surface area contributed by atoms with Crippen molar-refractivity contribution >= 4 is 40.8 Å². The second-order valence-electron chi connectivity index (χ2n) is 13.7. The Kier molecular flexibility index (Phi) is 8.53. The lowest BCUT2D eigenvalue weighted by Gasteiger charge is -2.43. The number of ether oxygens (including phenoxy) is 2. The SMILES string of the molecule is COC(=O)c1ccc(N2C(=O)[C@H]3[C@H](c4cccc(Cl)c4F)[C@@](C#N)(c4ccc(Cl)cc4F)[C@H](CC(C)(C)C)N3[C@@H]2C2CC2)c(OC)c1. The van der Waals surface area contributed by atoms with E-state index < -0.39 is 52.6 Å². The van der Waals surface area contributed by atoms with E-state index in [1.165, 1.54) is 44.6 Å². The van der Waals surface area contributed by atoms with Crippen molar-refractivity contribution in [3.63, 3.8) is 0 Å². The van der Waals surface area contributed by atoms with Gasteiger partial charge in [-0.25, -0.2) is 13.6 Å². The van der Waals surface area contributed by atoms with Gasteiger partial charge in [0.1, 0.15) is 28.8 Å². The molecule has 2 heterocycles. The van der Waals surface area contributed by atoms with Gasteiger partial charge in [-0.2, -0.15) is 5.26 Å². The third-order valence-corrected chi connectivity index (χ3v) is 10.2. The molecule has 1 amide bonds. The maximum atomic E-state index is 16.3. The molecule has 11 heteroatoms. The highest BCUT2D eigenvalue weighted by Crippen LogP contribution is 2.62. The van der Waals surface area contributed by atoms with Gasteiger partial charge in [0, 0.05) is 22.5 Å². The molecule has 3 aromatic rings. The number of carbonyl (C=O) groups excluding carboxylic acids is 2. The molecule has 0 bridgehead atoms. The predicted molar refractivity (Wildman–Crippen MR) is 175 cm³/mol. The standard InChI is InChI=1S/C36H35Cl2F2N3O4/c1-35(2,3)17-28-36(18-41,23-13-12-21(37)16-25(23)39)29(22-7-6-8-24(38)30(22)40)31-33(44)42(32(43(28)31)19-9-10-19)26-14-11-20(34(45)47-5)15-27(26)46-4/h6-8,11-16,19,28-29,31-32H,9-10,17H2,1-5H3/t28-,29-,31+,32+,36-/m0/s1. The first kappa shape index (κ1) is 33.2. The van der Waals surface area contributed by atoms with Crippen LogP contribution in [0.4, 0.5) is 14.5 Å². The molecular weight excluding hydrogens is 647 g/mol. The Labute approximate surface area is 282 Å². The molecule has 0 spiro atoms. The monoisotopic (exact) mass is 681 g/mol. The van der Waals surface area contributed by atoms with Gasteiger partial charge >= 0.3 is 5.97 Å². The van der Waals surface area contributed by atoms with E-state index in [4.69, 9.17) is 32.7 Å². The van der Waals surface area contributed by atoms with Gasteiger partial charge < -0.3 is 9.47 Å². The number of nitriles is 1. The number of fused-ring (bicyclic) bond motifs is 1. The van der Waals surface area contributed by atoms with Crippen molar-refractivity contribution in [2.75, 3.05) is 19.1 Å². The Balaban J connectivity index is 1.65. The number of amides is 1. The first-order valence-electron chi connectivity index (χ1n) is 15.5. The van der Waals surface area contributed by atoms with Crippen LogP contribution in [0.25, 0.3) is 0 Å². The number of halogens is 4. The summed E-state index contributed by atoms with van der Waals surface area (Å²) in [6.45, 7) is 6.06. The third-order valence-electron chi connectivity index (χ3n) is 9.66. The van der Waals surface area contributed by atoms with Crippen LogP contribution in [0.3, 0.4) is 0 Å². The maximum Gasteiger partial charge on any atom is 0.337 e. The second-order valence-corrected chi connectivity index (χ2v) is 14.6. The molecule has 0 unspecified atom stereocenters. The van der Waals surface area contributed by atoms with Crippen LogP contribution in [0.5, 0.6) is 5.75 Å². The summed E-state index contributed by atoms with van der Waals surface area (Å²) in [4.78, 5) is 31.1. The van der Waals surface area contributed by atoms with E-state index in [2.05, 4.69) is 6.07 Å². The van der Waals surface area contributed by atoms with Crippen LogP contribution < -0.4 is 9.64 Å². The highest BCUT2D eigenvalue weighted by atomic mass is 35.5. The van der Waals surface area contributed by atoms with Crippen LogP contribution in [-0.2, 0) is 14.9 Å². The van der Waals surface area contributed by atoms with Crippen LogP contribution in [0.1, 0.15) is 67.4 Å². The number of hydrogen-bond donors (Lipinski definition) is 0. The number of rotatable bonds is 7. The van der Waals surface area contributed by atoms with E-state index in [1.807, 2.05) is 25.7 Å². The van der Waals surface area contributed by atoms with E-state index in [9.17, 15) is 10.1 Å². The van der Waals surface area contributed by atoms with Gasteiger partial charge in [0.2, 0.25) is 5.91 Å². The first-order valence-corrected chi connectivity index (χ1v) is 16.2. The fraction of sp³-hybridized carbons (Fsp3) is 0.417. The molecule has 3 aromatic carbocycles. The molecule has 0 aromatic heterocycles. The van der Waals surface area contributed by atoms with Gasteiger partial charge in [0.05, 0.1) is 42.7 Å². The normalized spacial score (nSPS) is 25.9. The number of anilines is 1. The first-order chi connectivity index (χ1) is 22.3. The molecule has 2 saturated heterocycles. The lowest BCUT2D eigenvalue weighted by Crippen LogP contribution is -2.52. The zero-order chi connectivity index (χ0) is 34.0. The smallest absolute Gasteiger partial charge is 0.337 e. The van der Waals surface area contributed by atoms with Crippen molar-refractivity contribution in [2.45, 2.75) is 69.6 Å². The summed E-state index contributed by atoms with van der Waals surface area (Å²) in [5.74, 6) is -3.29. The molecule has 1 saturated carbocycles. The van der Waals surface area contributed by atoms with Gasteiger partial charge in [-0.15, -0.1) is 0 Å². The minimum absolute atomic E-state index is 0.0193. The molecule has 3 aliphatic rings. The molecule has 2 aliphatic heterocycles. The average Bonchev–Trinajstić information content (AvgIpc) is 3.78. The molecule has 3 fully saturated rings. The Morgan fingerprint density at radius 2 is 1.81 bits per heavy atom. The van der Waals surface area contributed by atoms with E-state index in [0.29, 0.717) is 12.1 Å². The van der Waals surface area contributed by atoms with Gasteiger partial charge in [-0.05, 0) is 72.6 Å². The fourth-order valence-corrected chi connectivity index (χ4v) is 8.05. The Morgan fingerprint density at radius 3 is 2.40 bits per heavy atom. The Hall–Kier alpha value is -3.71. The summed E-state index contributed by atoms with van der Waals surface area (Å²) in [6, 6.07) is 14.0. The summed E-state index contributed by atoms with van der Waals surface area (Å²) in [5, 5.41) is 11.3. The number of nitrogens with zero attached hydrogens (tertiary/aromatic N) is 3. The van der Waals surface area contributed by atoms with E-state index in [-0.39, 0.29) is 44.3 Å². The van der Waals surface area contributed by atoms with Crippen LogP contribution in [0.15, 0.2) is 54.6 Å². The second kappa shape index (κ2) is 12.1. The van der Waals surface area contributed by atoms with Crippen molar-refractivity contribution in [1.82, 2.24) is 4.90 Å². The number of methoxy groups -OCH3 is 2. The van der Waals surface area contributed by atoms with Crippen LogP contribution in [-0.4, -0.2) is 49.2 Å². The van der Waals surface area contributed by atoms with Gasteiger partial charge in [-0.1, -0.05) is 62.2 Å². The molecule has 0 radical (unpaired) electrons. The lowest BCUT2D eigenvalue weighted by molar-refractivity contribution is -0.119. The van der Waals surface area contributed by atoms with Gasteiger partial charge in [-0.3, -0.25) is 14.6 Å². The third kappa shape index (κ3) is 5.35. The van der Waals surface area contributed by atoms with Crippen molar-refractivity contribution < 1.29 is 27.8 Å². The molecular formula is C36H35Cl2F2N3O4. The van der Waals surface area contributed by atoms with E-state index in [1.54, 1.807) is 23.1 Å². The summed E-state index contributed by atoms with van der Waals surface area (Å²) in [6.07, 6.45) is 1.44. The Bertz CT molecular complexity index is 1800. The van der Waals surface area contributed by atoms with E-state index >= 15 is 13.6 Å². The number of esters is 1. The van der Waals surface area contributed by atoms with Gasteiger partial charge in [0.15, 0.2) is 0 Å². The van der Waals surface area contributed by atoms with Crippen molar-refractivity contribution in [1.29, 1.82) is 5.26 Å². The number of benzene rings is 3. The molecule has 0 N–H and O–H groups in total. The lowest BCUT2D eigenvalue weighted by atomic mass is 9.62. The van der Waals surface area contributed by atoms with Crippen LogP contribution >= 0.6 is 23.2 Å². The van der Waals surface area contributed by atoms with Crippen molar-refractivity contribution in [3.05, 3.63) is 93.0 Å². The molecule has 246 valence electrons.